The van der Waals surface area contributed by atoms with Gasteiger partial charge in [0.25, 0.3) is 0 Å². The van der Waals surface area contributed by atoms with E-state index in [0.717, 1.165) is 16.8 Å². The van der Waals surface area contributed by atoms with Crippen LogP contribution in [0.25, 0.3) is 5.57 Å². The highest BCUT2D eigenvalue weighted by Gasteiger charge is 2.18. The predicted molar refractivity (Wildman–Crippen MR) is 84.3 cm³/mol. The molecule has 5 heteroatoms. The number of benzene rings is 2. The Morgan fingerprint density at radius 2 is 2.00 bits per heavy atom. The van der Waals surface area contributed by atoms with Gasteiger partial charge in [-0.1, -0.05) is 35.9 Å². The molecule has 0 saturated heterocycles. The number of fused-ring (bicyclic) bond motifs is 1. The third-order valence-electron chi connectivity index (χ3n) is 3.44. The number of nitrogens with one attached hydrogen (secondary N) is 2. The Balaban J connectivity index is 2.18. The average molecular weight is 304 g/mol. The molecule has 3 nitrogen and oxygen atoms in total. The molecule has 0 unspecified atom stereocenters. The maximum Gasteiger partial charge on any atom is 0.131 e. The number of rotatable bonds is 2. The van der Waals surface area contributed by atoms with Crippen LogP contribution < -0.4 is 10.9 Å². The second-order valence-corrected chi connectivity index (χ2v) is 5.17. The van der Waals surface area contributed by atoms with Crippen molar-refractivity contribution in [2.24, 2.45) is 0 Å². The first-order valence-electron chi connectivity index (χ1n) is 6.65. The van der Waals surface area contributed by atoms with Gasteiger partial charge in [-0.2, -0.15) is 5.12 Å². The standard InChI is InChI=1S/C16H15ClFN3/c1-19-21-9-8-12(13-4-2-3-5-15(13)18)14-10-11(17)6-7-16(14)20-21/h2-8,10,19-20H,9H2,1H3. The molecule has 1 heterocycles. The molecule has 21 heavy (non-hydrogen) atoms. The van der Waals surface area contributed by atoms with Gasteiger partial charge in [-0.05, 0) is 29.8 Å². The second-order valence-electron chi connectivity index (χ2n) is 4.73. The quantitative estimate of drug-likeness (QED) is 0.886. The summed E-state index contributed by atoms with van der Waals surface area (Å²) in [6.45, 7) is 0.590. The summed E-state index contributed by atoms with van der Waals surface area (Å²) in [5.74, 6) is -0.243. The van der Waals surface area contributed by atoms with Crippen LogP contribution in [0.1, 0.15) is 11.1 Å². The lowest BCUT2D eigenvalue weighted by Gasteiger charge is -2.20. The molecular weight excluding hydrogens is 289 g/mol. The number of halogens is 2. The van der Waals surface area contributed by atoms with E-state index in [0.29, 0.717) is 17.1 Å². The van der Waals surface area contributed by atoms with Crippen LogP contribution in [-0.2, 0) is 0 Å². The zero-order valence-corrected chi connectivity index (χ0v) is 12.3. The third kappa shape index (κ3) is 2.78. The molecule has 3 rings (SSSR count). The van der Waals surface area contributed by atoms with Gasteiger partial charge in [0.1, 0.15) is 5.82 Å². The molecule has 0 atom stereocenters. The number of hydrogen-bond acceptors (Lipinski definition) is 3. The number of nitrogens with zero attached hydrogens (tertiary/aromatic N) is 1. The zero-order chi connectivity index (χ0) is 14.8. The van der Waals surface area contributed by atoms with Crippen LogP contribution in [0.3, 0.4) is 0 Å². The summed E-state index contributed by atoms with van der Waals surface area (Å²) in [7, 11) is 1.82. The normalized spacial score (nSPS) is 14.9. The van der Waals surface area contributed by atoms with E-state index in [1.54, 1.807) is 12.1 Å². The van der Waals surface area contributed by atoms with Gasteiger partial charge >= 0.3 is 0 Å². The molecule has 2 aromatic carbocycles. The van der Waals surface area contributed by atoms with E-state index in [2.05, 4.69) is 10.9 Å². The van der Waals surface area contributed by atoms with Crippen LogP contribution >= 0.6 is 11.6 Å². The molecule has 0 saturated carbocycles. The Labute approximate surface area is 128 Å². The van der Waals surface area contributed by atoms with E-state index in [1.165, 1.54) is 6.07 Å². The van der Waals surface area contributed by atoms with Crippen LogP contribution in [-0.4, -0.2) is 18.7 Å². The summed E-state index contributed by atoms with van der Waals surface area (Å²) in [6, 6.07) is 12.3. The van der Waals surface area contributed by atoms with E-state index in [9.17, 15) is 4.39 Å². The largest absolute Gasteiger partial charge is 0.305 e. The van der Waals surface area contributed by atoms with Crippen molar-refractivity contribution in [3.8, 4) is 0 Å². The van der Waals surface area contributed by atoms with Crippen LogP contribution in [0, 0.1) is 5.82 Å². The van der Waals surface area contributed by atoms with Crippen molar-refractivity contribution in [2.45, 2.75) is 0 Å². The van der Waals surface area contributed by atoms with E-state index >= 15 is 0 Å². The summed E-state index contributed by atoms with van der Waals surface area (Å²) < 4.78 is 14.2. The van der Waals surface area contributed by atoms with E-state index in [4.69, 9.17) is 11.6 Å². The minimum atomic E-state index is -0.243. The van der Waals surface area contributed by atoms with Gasteiger partial charge in [0, 0.05) is 23.2 Å². The van der Waals surface area contributed by atoms with Crippen molar-refractivity contribution in [1.29, 1.82) is 0 Å². The minimum absolute atomic E-state index is 0.243. The molecule has 0 fully saturated rings. The Hall–Kier alpha value is -1.88. The molecule has 0 aliphatic carbocycles. The van der Waals surface area contributed by atoms with Gasteiger partial charge < -0.3 is 5.43 Å². The summed E-state index contributed by atoms with van der Waals surface area (Å²) in [4.78, 5) is 0. The Morgan fingerprint density at radius 1 is 1.19 bits per heavy atom. The van der Waals surface area contributed by atoms with Gasteiger partial charge in [-0.25, -0.2) is 9.82 Å². The molecule has 0 bridgehead atoms. The maximum absolute atomic E-state index is 14.2. The van der Waals surface area contributed by atoms with Crippen LogP contribution in [0.15, 0.2) is 48.5 Å². The van der Waals surface area contributed by atoms with E-state index in [-0.39, 0.29) is 5.82 Å². The maximum atomic E-state index is 14.2. The van der Waals surface area contributed by atoms with Gasteiger partial charge in [0.15, 0.2) is 0 Å². The van der Waals surface area contributed by atoms with E-state index in [1.807, 2.05) is 42.5 Å². The lowest BCUT2D eigenvalue weighted by atomic mass is 9.96. The molecule has 2 aromatic rings. The lowest BCUT2D eigenvalue weighted by molar-refractivity contribution is 0.286. The Morgan fingerprint density at radius 3 is 2.76 bits per heavy atom. The predicted octanol–water partition coefficient (Wildman–Crippen LogP) is 3.69. The van der Waals surface area contributed by atoms with Crippen molar-refractivity contribution in [3.63, 3.8) is 0 Å². The molecule has 1 aliphatic heterocycles. The van der Waals surface area contributed by atoms with Crippen molar-refractivity contribution >= 4 is 22.9 Å². The Bertz CT molecular complexity index is 700. The van der Waals surface area contributed by atoms with Crippen LogP contribution in [0.2, 0.25) is 5.02 Å². The number of anilines is 1. The van der Waals surface area contributed by atoms with Crippen molar-refractivity contribution in [1.82, 2.24) is 10.5 Å². The van der Waals surface area contributed by atoms with Crippen molar-refractivity contribution in [3.05, 3.63) is 70.5 Å². The SMILES string of the molecule is CNN1CC=C(c2ccccc2F)c2cc(Cl)ccc2N1. The van der Waals surface area contributed by atoms with Gasteiger partial charge in [-0.15, -0.1) is 0 Å². The van der Waals surface area contributed by atoms with Gasteiger partial charge in [0.05, 0.1) is 12.2 Å². The molecule has 0 aromatic heterocycles. The van der Waals surface area contributed by atoms with Gasteiger partial charge in [-0.3, -0.25) is 0 Å². The first kappa shape index (κ1) is 14.1. The van der Waals surface area contributed by atoms with E-state index < -0.39 is 0 Å². The molecule has 2 N–H and O–H groups in total. The average Bonchev–Trinajstić information content (AvgIpc) is 2.67. The summed E-state index contributed by atoms with van der Waals surface area (Å²) >= 11 is 6.11. The molecule has 1 aliphatic rings. The smallest absolute Gasteiger partial charge is 0.131 e. The zero-order valence-electron chi connectivity index (χ0n) is 11.5. The molecule has 0 spiro atoms. The molecule has 0 amide bonds. The molecule has 0 radical (unpaired) electrons. The Kier molecular flexibility index (Phi) is 3.92. The fourth-order valence-electron chi connectivity index (χ4n) is 2.40. The third-order valence-corrected chi connectivity index (χ3v) is 3.67. The fraction of sp³-hybridized carbons (Fsp3) is 0.125. The summed E-state index contributed by atoms with van der Waals surface area (Å²) in [5, 5.41) is 2.44. The van der Waals surface area contributed by atoms with Gasteiger partial charge in [0.2, 0.25) is 0 Å². The fourth-order valence-corrected chi connectivity index (χ4v) is 2.57. The summed E-state index contributed by atoms with van der Waals surface area (Å²) in [5.41, 5.74) is 9.44. The highest BCUT2D eigenvalue weighted by atomic mass is 35.5. The first-order chi connectivity index (χ1) is 10.2. The summed E-state index contributed by atoms with van der Waals surface area (Å²) in [6.07, 6.45) is 1.98. The second kappa shape index (κ2) is 5.85. The molecular formula is C16H15ClFN3. The monoisotopic (exact) mass is 303 g/mol. The number of hydrazine groups is 2. The van der Waals surface area contributed by atoms with Crippen LogP contribution in [0.5, 0.6) is 0 Å². The highest BCUT2D eigenvalue weighted by molar-refractivity contribution is 6.31. The highest BCUT2D eigenvalue weighted by Crippen LogP contribution is 2.34. The minimum Gasteiger partial charge on any atom is -0.305 e. The van der Waals surface area contributed by atoms with Crippen molar-refractivity contribution in [2.75, 3.05) is 19.0 Å². The first-order valence-corrected chi connectivity index (χ1v) is 7.03. The van der Waals surface area contributed by atoms with Crippen LogP contribution in [0.4, 0.5) is 10.1 Å². The van der Waals surface area contributed by atoms with Crippen molar-refractivity contribution < 1.29 is 4.39 Å². The lowest BCUT2D eigenvalue weighted by Crippen LogP contribution is -2.39. The molecule has 108 valence electrons. The topological polar surface area (TPSA) is 27.3 Å². The number of hydrogen-bond donors (Lipinski definition) is 2.